The second kappa shape index (κ2) is 4.96. The predicted molar refractivity (Wildman–Crippen MR) is 70.1 cm³/mol. The zero-order valence-corrected chi connectivity index (χ0v) is 10.8. The van der Waals surface area contributed by atoms with E-state index in [0.717, 1.165) is 23.9 Å². The highest BCUT2D eigenvalue weighted by Crippen LogP contribution is 2.23. The van der Waals surface area contributed by atoms with Gasteiger partial charge in [0.1, 0.15) is 5.82 Å². The molecule has 0 aliphatic carbocycles. The van der Waals surface area contributed by atoms with Crippen molar-refractivity contribution in [3.05, 3.63) is 23.4 Å². The van der Waals surface area contributed by atoms with Crippen LogP contribution in [0.5, 0.6) is 0 Å². The van der Waals surface area contributed by atoms with Gasteiger partial charge in [-0.25, -0.2) is 9.78 Å². The van der Waals surface area contributed by atoms with E-state index in [1.807, 2.05) is 17.8 Å². The maximum Gasteiger partial charge on any atom is 0.337 e. The van der Waals surface area contributed by atoms with Crippen molar-refractivity contribution >= 4 is 23.5 Å². The molecule has 92 valence electrons. The van der Waals surface area contributed by atoms with Crippen LogP contribution < -0.4 is 4.90 Å². The minimum absolute atomic E-state index is 0.285. The zero-order chi connectivity index (χ0) is 12.4. The summed E-state index contributed by atoms with van der Waals surface area (Å²) < 4.78 is 0. The Balaban J connectivity index is 2.27. The fourth-order valence-electron chi connectivity index (χ4n) is 2.00. The first-order chi connectivity index (χ1) is 8.09. The maximum atomic E-state index is 10.9. The lowest BCUT2D eigenvalue weighted by molar-refractivity contribution is 0.0695. The van der Waals surface area contributed by atoms with Crippen molar-refractivity contribution in [1.82, 2.24) is 4.98 Å². The van der Waals surface area contributed by atoms with Gasteiger partial charge < -0.3 is 10.0 Å². The summed E-state index contributed by atoms with van der Waals surface area (Å²) in [6, 6.07) is 3.91. The number of hydrogen-bond donors (Lipinski definition) is 1. The third kappa shape index (κ3) is 2.54. The molecule has 1 aliphatic rings. The number of thioether (sulfide) groups is 1. The van der Waals surface area contributed by atoms with Crippen LogP contribution in [0.25, 0.3) is 0 Å². The van der Waals surface area contributed by atoms with Gasteiger partial charge in [-0.05, 0) is 26.0 Å². The van der Waals surface area contributed by atoms with Gasteiger partial charge in [0.05, 0.1) is 11.3 Å². The number of carboxylic acids is 1. The molecule has 4 nitrogen and oxygen atoms in total. The van der Waals surface area contributed by atoms with Gasteiger partial charge in [-0.3, -0.25) is 0 Å². The number of pyridine rings is 1. The summed E-state index contributed by atoms with van der Waals surface area (Å²) in [5.74, 6) is 2.18. The van der Waals surface area contributed by atoms with E-state index in [0.29, 0.717) is 11.7 Å². The third-order valence-electron chi connectivity index (χ3n) is 2.96. The number of rotatable bonds is 2. The van der Waals surface area contributed by atoms with Crippen LogP contribution in [0.4, 0.5) is 5.82 Å². The molecule has 1 aliphatic heterocycles. The average Bonchev–Trinajstić information content (AvgIpc) is 2.29. The number of nitrogens with zero attached hydrogens (tertiary/aromatic N) is 2. The van der Waals surface area contributed by atoms with Crippen molar-refractivity contribution in [1.29, 1.82) is 0 Å². The Bertz CT molecular complexity index is 437. The molecule has 0 saturated carbocycles. The van der Waals surface area contributed by atoms with E-state index >= 15 is 0 Å². The Hall–Kier alpha value is -1.23. The molecule has 0 amide bonds. The highest BCUT2D eigenvalue weighted by molar-refractivity contribution is 7.99. The van der Waals surface area contributed by atoms with Crippen molar-refractivity contribution in [2.45, 2.75) is 19.9 Å². The first-order valence-corrected chi connectivity index (χ1v) is 6.80. The minimum atomic E-state index is -0.913. The molecular formula is C12H16N2O2S. The van der Waals surface area contributed by atoms with Crippen LogP contribution in [0.1, 0.15) is 23.0 Å². The van der Waals surface area contributed by atoms with Gasteiger partial charge >= 0.3 is 5.97 Å². The Morgan fingerprint density at radius 2 is 2.35 bits per heavy atom. The molecule has 2 heterocycles. The second-order valence-corrected chi connectivity index (χ2v) is 5.37. The average molecular weight is 252 g/mol. The molecule has 0 radical (unpaired) electrons. The van der Waals surface area contributed by atoms with Crippen LogP contribution >= 0.6 is 11.8 Å². The van der Waals surface area contributed by atoms with Crippen molar-refractivity contribution in [2.24, 2.45) is 0 Å². The van der Waals surface area contributed by atoms with Gasteiger partial charge in [-0.15, -0.1) is 0 Å². The van der Waals surface area contributed by atoms with Crippen molar-refractivity contribution in [3.63, 3.8) is 0 Å². The van der Waals surface area contributed by atoms with E-state index in [1.165, 1.54) is 0 Å². The molecule has 2 rings (SSSR count). The van der Waals surface area contributed by atoms with Crippen LogP contribution in [-0.2, 0) is 0 Å². The second-order valence-electron chi connectivity index (χ2n) is 4.22. The molecular weight excluding hydrogens is 236 g/mol. The largest absolute Gasteiger partial charge is 0.478 e. The van der Waals surface area contributed by atoms with E-state index < -0.39 is 5.97 Å². The van der Waals surface area contributed by atoms with Gasteiger partial charge in [-0.2, -0.15) is 11.8 Å². The zero-order valence-electron chi connectivity index (χ0n) is 10.0. The summed E-state index contributed by atoms with van der Waals surface area (Å²) >= 11 is 1.95. The number of hydrogen-bond acceptors (Lipinski definition) is 4. The van der Waals surface area contributed by atoms with Crippen molar-refractivity contribution < 1.29 is 9.90 Å². The summed E-state index contributed by atoms with van der Waals surface area (Å²) in [6.07, 6.45) is 0. The van der Waals surface area contributed by atoms with Gasteiger partial charge in [0.15, 0.2) is 0 Å². The van der Waals surface area contributed by atoms with Crippen molar-refractivity contribution in [2.75, 3.05) is 23.0 Å². The topological polar surface area (TPSA) is 53.4 Å². The molecule has 1 aromatic heterocycles. The lowest BCUT2D eigenvalue weighted by Gasteiger charge is -2.34. The summed E-state index contributed by atoms with van der Waals surface area (Å²) in [5.41, 5.74) is 0.869. The summed E-state index contributed by atoms with van der Waals surface area (Å²) in [6.45, 7) is 4.90. The van der Waals surface area contributed by atoms with Gasteiger partial charge in [0.2, 0.25) is 0 Å². The normalized spacial score (nSPS) is 20.4. The molecule has 1 aromatic rings. The molecule has 17 heavy (non-hydrogen) atoms. The molecule has 1 saturated heterocycles. The fraction of sp³-hybridized carbons (Fsp3) is 0.500. The molecule has 1 fully saturated rings. The lowest BCUT2D eigenvalue weighted by atomic mass is 10.2. The molecule has 0 bridgehead atoms. The summed E-state index contributed by atoms with van der Waals surface area (Å²) in [7, 11) is 0. The predicted octanol–water partition coefficient (Wildman–Crippen LogP) is 2.03. The third-order valence-corrected chi connectivity index (χ3v) is 4.15. The highest BCUT2D eigenvalue weighted by Gasteiger charge is 2.20. The number of carboxylic acid groups (broad SMARTS) is 1. The van der Waals surface area contributed by atoms with E-state index in [2.05, 4.69) is 16.8 Å². The van der Waals surface area contributed by atoms with Crippen LogP contribution in [0, 0.1) is 6.92 Å². The number of anilines is 1. The van der Waals surface area contributed by atoms with Gasteiger partial charge in [0.25, 0.3) is 0 Å². The molecule has 0 spiro atoms. The maximum absolute atomic E-state index is 10.9. The van der Waals surface area contributed by atoms with Crippen LogP contribution in [0.15, 0.2) is 12.1 Å². The minimum Gasteiger partial charge on any atom is -0.478 e. The molecule has 1 atom stereocenters. The van der Waals surface area contributed by atoms with E-state index in [9.17, 15) is 4.79 Å². The summed E-state index contributed by atoms with van der Waals surface area (Å²) in [4.78, 5) is 17.6. The summed E-state index contributed by atoms with van der Waals surface area (Å²) in [5, 5.41) is 8.96. The number of aryl methyl sites for hydroxylation is 1. The van der Waals surface area contributed by atoms with Crippen LogP contribution in [0.3, 0.4) is 0 Å². The molecule has 5 heteroatoms. The number of carbonyl (C=O) groups is 1. The Labute approximate surface area is 105 Å². The first-order valence-electron chi connectivity index (χ1n) is 5.65. The quantitative estimate of drug-likeness (QED) is 0.872. The van der Waals surface area contributed by atoms with Crippen LogP contribution in [-0.4, -0.2) is 40.2 Å². The molecule has 1 N–H and O–H groups in total. The number of aromatic carboxylic acids is 1. The van der Waals surface area contributed by atoms with E-state index in [-0.39, 0.29) is 5.56 Å². The molecule has 1 unspecified atom stereocenters. The standard InChI is InChI=1S/C12H16N2O2S/c1-8-7-17-6-5-14(8)11-4-3-10(12(15)16)9(2)13-11/h3-4,8H,5-7H2,1-2H3,(H,15,16). The fourth-order valence-corrected chi connectivity index (χ4v) is 3.01. The van der Waals surface area contributed by atoms with Gasteiger partial charge in [0, 0.05) is 24.1 Å². The Morgan fingerprint density at radius 1 is 1.59 bits per heavy atom. The monoisotopic (exact) mass is 252 g/mol. The SMILES string of the molecule is Cc1nc(N2CCSCC2C)ccc1C(=O)O. The highest BCUT2D eigenvalue weighted by atomic mass is 32.2. The molecule has 0 aromatic carbocycles. The Morgan fingerprint density at radius 3 is 2.94 bits per heavy atom. The van der Waals surface area contributed by atoms with Crippen LogP contribution in [0.2, 0.25) is 0 Å². The van der Waals surface area contributed by atoms with Gasteiger partial charge in [-0.1, -0.05) is 0 Å². The lowest BCUT2D eigenvalue weighted by Crippen LogP contribution is -2.41. The van der Waals surface area contributed by atoms with E-state index in [1.54, 1.807) is 13.0 Å². The first kappa shape index (κ1) is 12.2. The van der Waals surface area contributed by atoms with E-state index in [4.69, 9.17) is 5.11 Å². The smallest absolute Gasteiger partial charge is 0.337 e. The van der Waals surface area contributed by atoms with Crippen molar-refractivity contribution in [3.8, 4) is 0 Å². The number of aromatic nitrogens is 1. The Kier molecular flexibility index (Phi) is 3.57.